The molecule has 8 nitrogen and oxygen atoms in total. The molecule has 0 radical (unpaired) electrons. The van der Waals surface area contributed by atoms with E-state index in [0.29, 0.717) is 17.6 Å². The van der Waals surface area contributed by atoms with Crippen molar-refractivity contribution in [3.8, 4) is 5.69 Å². The van der Waals surface area contributed by atoms with E-state index in [1.165, 1.54) is 17.3 Å². The van der Waals surface area contributed by atoms with Crippen LogP contribution in [0.3, 0.4) is 0 Å². The number of aromatic nitrogens is 3. The Balaban J connectivity index is 1.77. The highest BCUT2D eigenvalue weighted by Crippen LogP contribution is 2.30. The van der Waals surface area contributed by atoms with Gasteiger partial charge in [0, 0.05) is 19.6 Å². The van der Waals surface area contributed by atoms with Crippen molar-refractivity contribution in [3.05, 3.63) is 29.8 Å². The quantitative estimate of drug-likeness (QED) is 0.656. The van der Waals surface area contributed by atoms with E-state index in [2.05, 4.69) is 25.7 Å². The molecule has 0 saturated carbocycles. The van der Waals surface area contributed by atoms with Gasteiger partial charge in [0.2, 0.25) is 11.9 Å². The predicted octanol–water partition coefficient (Wildman–Crippen LogP) is 3.14. The Morgan fingerprint density at radius 2 is 1.77 bits per heavy atom. The zero-order chi connectivity index (χ0) is 21.7. The zero-order valence-corrected chi connectivity index (χ0v) is 18.8. The smallest absolute Gasteiger partial charge is 0.321 e. The van der Waals surface area contributed by atoms with Crippen molar-refractivity contribution in [3.63, 3.8) is 0 Å². The molecule has 1 aliphatic heterocycles. The molecule has 30 heavy (non-hydrogen) atoms. The number of anilines is 1. The molecule has 1 aliphatic rings. The number of nitrogens with zero attached hydrogens (tertiary/aromatic N) is 4. The van der Waals surface area contributed by atoms with Crippen LogP contribution in [0.4, 0.5) is 10.7 Å². The second-order valence-electron chi connectivity index (χ2n) is 8.00. The van der Waals surface area contributed by atoms with E-state index in [9.17, 15) is 9.59 Å². The number of aryl methyl sites for hydroxylation is 1. The molecule has 9 heteroatoms. The average molecular weight is 431 g/mol. The fourth-order valence-corrected chi connectivity index (χ4v) is 4.01. The number of urea groups is 1. The molecule has 0 bridgehead atoms. The maximum absolute atomic E-state index is 12.5. The first-order valence-electron chi connectivity index (χ1n) is 10.4. The second-order valence-corrected chi connectivity index (χ2v) is 9.31. The number of rotatable bonds is 7. The summed E-state index contributed by atoms with van der Waals surface area (Å²) >= 11 is 1.29. The molecule has 1 aromatic heterocycles. The van der Waals surface area contributed by atoms with Gasteiger partial charge in [-0.3, -0.25) is 14.7 Å². The molecule has 3 rings (SSSR count). The third-order valence-corrected chi connectivity index (χ3v) is 5.90. The second kappa shape index (κ2) is 9.97. The van der Waals surface area contributed by atoms with Gasteiger partial charge in [0.05, 0.1) is 10.9 Å². The van der Waals surface area contributed by atoms with Gasteiger partial charge in [-0.1, -0.05) is 43.3 Å². The number of amides is 3. The Bertz CT molecular complexity index is 874. The number of carbonyl (C=O) groups excluding carboxylic acids is 2. The minimum atomic E-state index is -0.505. The summed E-state index contributed by atoms with van der Waals surface area (Å²) in [6.45, 7) is 10.2. The molecule has 1 aromatic carbocycles. The summed E-state index contributed by atoms with van der Waals surface area (Å²) in [5.74, 6) is 0.748. The van der Waals surface area contributed by atoms with E-state index in [1.807, 2.05) is 49.6 Å². The number of hydrogen-bond donors (Lipinski definition) is 2. The summed E-state index contributed by atoms with van der Waals surface area (Å²) in [5.41, 5.74) is 2.13. The van der Waals surface area contributed by atoms with Crippen LogP contribution in [-0.4, -0.2) is 51.6 Å². The Kier molecular flexibility index (Phi) is 7.36. The molecule has 1 fully saturated rings. The van der Waals surface area contributed by atoms with Crippen molar-refractivity contribution < 1.29 is 9.59 Å². The van der Waals surface area contributed by atoms with Crippen LogP contribution < -0.4 is 15.5 Å². The fourth-order valence-electron chi connectivity index (χ4n) is 3.15. The maximum atomic E-state index is 12.5. The van der Waals surface area contributed by atoms with Crippen molar-refractivity contribution in [2.45, 2.75) is 50.9 Å². The third-order valence-electron chi connectivity index (χ3n) is 4.86. The van der Waals surface area contributed by atoms with E-state index in [1.54, 1.807) is 6.92 Å². The first-order valence-corrected chi connectivity index (χ1v) is 11.3. The zero-order valence-electron chi connectivity index (χ0n) is 18.0. The molecule has 3 amide bonds. The lowest BCUT2D eigenvalue weighted by molar-refractivity contribution is -0.119. The van der Waals surface area contributed by atoms with Crippen LogP contribution in [0.1, 0.15) is 39.2 Å². The molecule has 2 aromatic rings. The van der Waals surface area contributed by atoms with E-state index in [0.717, 1.165) is 37.6 Å². The summed E-state index contributed by atoms with van der Waals surface area (Å²) in [4.78, 5) is 26.6. The highest BCUT2D eigenvalue weighted by atomic mass is 32.2. The standard InChI is InChI=1S/C21H30N6O2S/c1-14(2)13-22-19(29)23-18(28)16(4)30-21-25-24-20(26-11-5-6-12-26)27(21)17-9-7-15(3)8-10-17/h7-10,14,16H,5-6,11-13H2,1-4H3,(H2,22,23,28,29)/t16-/m0/s1. The lowest BCUT2D eigenvalue weighted by atomic mass is 10.2. The number of thioether (sulfide) groups is 1. The van der Waals surface area contributed by atoms with Gasteiger partial charge < -0.3 is 10.2 Å². The highest BCUT2D eigenvalue weighted by molar-refractivity contribution is 8.00. The van der Waals surface area contributed by atoms with Gasteiger partial charge in [-0.2, -0.15) is 0 Å². The summed E-state index contributed by atoms with van der Waals surface area (Å²) in [7, 11) is 0. The van der Waals surface area contributed by atoms with Crippen LogP contribution in [0.25, 0.3) is 5.69 Å². The molecule has 1 saturated heterocycles. The average Bonchev–Trinajstić information content (AvgIpc) is 3.37. The highest BCUT2D eigenvalue weighted by Gasteiger charge is 2.25. The first-order chi connectivity index (χ1) is 14.3. The Morgan fingerprint density at radius 3 is 2.40 bits per heavy atom. The Morgan fingerprint density at radius 1 is 1.10 bits per heavy atom. The van der Waals surface area contributed by atoms with Gasteiger partial charge in [-0.05, 0) is 44.7 Å². The molecule has 0 spiro atoms. The molecule has 1 atom stereocenters. The normalized spacial score (nSPS) is 14.8. The third kappa shape index (κ3) is 5.53. The van der Waals surface area contributed by atoms with Crippen LogP contribution in [0.5, 0.6) is 0 Å². The van der Waals surface area contributed by atoms with E-state index in [4.69, 9.17) is 0 Å². The summed E-state index contributed by atoms with van der Waals surface area (Å²) in [6.07, 6.45) is 2.26. The number of hydrogen-bond acceptors (Lipinski definition) is 6. The summed E-state index contributed by atoms with van der Waals surface area (Å²) in [6, 6.07) is 7.69. The predicted molar refractivity (Wildman–Crippen MR) is 119 cm³/mol. The lowest BCUT2D eigenvalue weighted by Gasteiger charge is -2.19. The van der Waals surface area contributed by atoms with E-state index < -0.39 is 11.3 Å². The number of nitrogens with one attached hydrogen (secondary N) is 2. The van der Waals surface area contributed by atoms with Crippen molar-refractivity contribution in [2.24, 2.45) is 5.92 Å². The van der Waals surface area contributed by atoms with Crippen molar-refractivity contribution >= 4 is 29.6 Å². The minimum absolute atomic E-state index is 0.315. The number of carbonyl (C=O) groups is 2. The van der Waals surface area contributed by atoms with Crippen LogP contribution >= 0.6 is 11.8 Å². The van der Waals surface area contributed by atoms with Crippen molar-refractivity contribution in [1.29, 1.82) is 0 Å². The lowest BCUT2D eigenvalue weighted by Crippen LogP contribution is -2.43. The fraction of sp³-hybridized carbons (Fsp3) is 0.524. The maximum Gasteiger partial charge on any atom is 0.321 e. The SMILES string of the molecule is Cc1ccc(-n2c(S[C@@H](C)C(=O)NC(=O)NCC(C)C)nnc2N2CCCC2)cc1. The van der Waals surface area contributed by atoms with Gasteiger partial charge in [-0.25, -0.2) is 4.79 Å². The minimum Gasteiger partial charge on any atom is -0.341 e. The van der Waals surface area contributed by atoms with Crippen LogP contribution in [0, 0.1) is 12.8 Å². The molecular weight excluding hydrogens is 400 g/mol. The van der Waals surface area contributed by atoms with Crippen molar-refractivity contribution in [1.82, 2.24) is 25.4 Å². The number of imide groups is 1. The molecule has 162 valence electrons. The first kappa shape index (κ1) is 22.1. The van der Waals surface area contributed by atoms with Crippen LogP contribution in [-0.2, 0) is 4.79 Å². The summed E-state index contributed by atoms with van der Waals surface area (Å²) in [5, 5.41) is 14.0. The monoisotopic (exact) mass is 430 g/mol. The van der Waals surface area contributed by atoms with E-state index >= 15 is 0 Å². The molecule has 2 heterocycles. The van der Waals surface area contributed by atoms with Gasteiger partial charge in [0.25, 0.3) is 0 Å². The molecule has 2 N–H and O–H groups in total. The molecular formula is C21H30N6O2S. The van der Waals surface area contributed by atoms with Gasteiger partial charge >= 0.3 is 6.03 Å². The topological polar surface area (TPSA) is 92.2 Å². The van der Waals surface area contributed by atoms with E-state index in [-0.39, 0.29) is 5.91 Å². The van der Waals surface area contributed by atoms with Crippen LogP contribution in [0.2, 0.25) is 0 Å². The van der Waals surface area contributed by atoms with Gasteiger partial charge in [-0.15, -0.1) is 10.2 Å². The van der Waals surface area contributed by atoms with Crippen molar-refractivity contribution in [2.75, 3.05) is 24.5 Å². The largest absolute Gasteiger partial charge is 0.341 e. The van der Waals surface area contributed by atoms with Crippen LogP contribution in [0.15, 0.2) is 29.4 Å². The molecule has 0 unspecified atom stereocenters. The number of benzene rings is 1. The van der Waals surface area contributed by atoms with Gasteiger partial charge in [0.15, 0.2) is 5.16 Å². The Hall–Kier alpha value is -2.55. The Labute approximate surface area is 181 Å². The van der Waals surface area contributed by atoms with Gasteiger partial charge in [0.1, 0.15) is 0 Å². The molecule has 0 aliphatic carbocycles. The summed E-state index contributed by atoms with van der Waals surface area (Å²) < 4.78 is 2.00.